The van der Waals surface area contributed by atoms with Crippen molar-refractivity contribution in [2.24, 2.45) is 5.92 Å². The molecule has 2 aromatic rings. The average Bonchev–Trinajstić information content (AvgIpc) is 3.12. The summed E-state index contributed by atoms with van der Waals surface area (Å²) in [5, 5.41) is 3.07. The number of sulfonamides is 1. The molecule has 0 aromatic heterocycles. The van der Waals surface area contributed by atoms with Gasteiger partial charge in [0, 0.05) is 43.8 Å². The lowest BCUT2D eigenvalue weighted by Gasteiger charge is -2.30. The highest BCUT2D eigenvalue weighted by Gasteiger charge is 2.32. The van der Waals surface area contributed by atoms with Gasteiger partial charge in [-0.1, -0.05) is 36.4 Å². The third kappa shape index (κ3) is 4.77. The molecule has 4 rings (SSSR count). The van der Waals surface area contributed by atoms with Crippen LogP contribution in [-0.2, 0) is 21.2 Å². The molecule has 0 radical (unpaired) electrons. The van der Waals surface area contributed by atoms with Crippen LogP contribution in [0.15, 0.2) is 59.5 Å². The number of benzene rings is 2. The summed E-state index contributed by atoms with van der Waals surface area (Å²) in [5.74, 6) is -0.0692. The van der Waals surface area contributed by atoms with Gasteiger partial charge < -0.3 is 10.2 Å². The van der Waals surface area contributed by atoms with E-state index in [9.17, 15) is 13.2 Å². The van der Waals surface area contributed by atoms with Crippen LogP contribution in [0.25, 0.3) is 0 Å². The Bertz CT molecular complexity index is 1000. The number of fused-ring (bicyclic) bond motifs is 1. The summed E-state index contributed by atoms with van der Waals surface area (Å²) >= 11 is 0. The fraction of sp³-hybridized carbons (Fsp3) is 0.458. The number of carbonyl (C=O) groups is 1. The molecule has 0 bridgehead atoms. The molecule has 0 unspecified atom stereocenters. The number of anilines is 1. The maximum absolute atomic E-state index is 12.7. The average molecular weight is 442 g/mol. The Morgan fingerprint density at radius 3 is 2.45 bits per heavy atom. The summed E-state index contributed by atoms with van der Waals surface area (Å²) in [7, 11) is -3.48. The van der Waals surface area contributed by atoms with E-state index in [2.05, 4.69) is 41.4 Å². The Balaban J connectivity index is 1.21. The van der Waals surface area contributed by atoms with Gasteiger partial charge >= 0.3 is 0 Å². The molecule has 2 heterocycles. The topological polar surface area (TPSA) is 69.7 Å². The fourth-order valence-corrected chi connectivity index (χ4v) is 6.17. The van der Waals surface area contributed by atoms with E-state index in [4.69, 9.17) is 0 Å². The summed E-state index contributed by atoms with van der Waals surface area (Å²) in [6, 6.07) is 17.5. The van der Waals surface area contributed by atoms with Gasteiger partial charge in [-0.15, -0.1) is 0 Å². The first kappa shape index (κ1) is 21.8. The van der Waals surface area contributed by atoms with Gasteiger partial charge in [0.15, 0.2) is 0 Å². The minimum absolute atomic E-state index is 0.0478. The van der Waals surface area contributed by atoms with Crippen LogP contribution >= 0.6 is 0 Å². The minimum atomic E-state index is -3.48. The van der Waals surface area contributed by atoms with Crippen LogP contribution in [0.2, 0.25) is 0 Å². The standard InChI is InChI=1S/C24H31N3O3S/c1-19-18-21-8-5-6-11-23(21)27(19)15-7-14-25-24(28)20-12-16-26(17-13-20)31(29,30)22-9-3-2-4-10-22/h2-6,8-11,19-20H,7,12-18H2,1H3,(H,25,28)/t19-/m0/s1. The summed E-state index contributed by atoms with van der Waals surface area (Å²) in [6.07, 6.45) is 3.10. The van der Waals surface area contributed by atoms with Crippen LogP contribution in [0.5, 0.6) is 0 Å². The van der Waals surface area contributed by atoms with Crippen LogP contribution in [0.1, 0.15) is 31.7 Å². The van der Waals surface area contributed by atoms with Gasteiger partial charge in [0.1, 0.15) is 0 Å². The lowest BCUT2D eigenvalue weighted by molar-refractivity contribution is -0.126. The van der Waals surface area contributed by atoms with Gasteiger partial charge in [0.05, 0.1) is 4.90 Å². The molecule has 1 N–H and O–H groups in total. The van der Waals surface area contributed by atoms with Crippen LogP contribution in [-0.4, -0.2) is 50.9 Å². The Labute approximate surface area is 185 Å². The zero-order valence-corrected chi connectivity index (χ0v) is 18.9. The molecule has 0 saturated carbocycles. The van der Waals surface area contributed by atoms with Crippen LogP contribution in [0.4, 0.5) is 5.69 Å². The Morgan fingerprint density at radius 1 is 1.03 bits per heavy atom. The number of carbonyl (C=O) groups excluding carboxylic acids is 1. The second kappa shape index (κ2) is 9.40. The van der Waals surface area contributed by atoms with E-state index in [0.29, 0.717) is 43.4 Å². The van der Waals surface area contributed by atoms with Gasteiger partial charge in [-0.3, -0.25) is 4.79 Å². The van der Waals surface area contributed by atoms with Gasteiger partial charge in [0.25, 0.3) is 0 Å². The third-order valence-electron chi connectivity index (χ3n) is 6.43. The lowest BCUT2D eigenvalue weighted by Crippen LogP contribution is -2.43. The number of hydrogen-bond donors (Lipinski definition) is 1. The first-order valence-corrected chi connectivity index (χ1v) is 12.6. The molecule has 31 heavy (non-hydrogen) atoms. The lowest BCUT2D eigenvalue weighted by atomic mass is 9.97. The minimum Gasteiger partial charge on any atom is -0.368 e. The normalized spacial score (nSPS) is 19.9. The predicted molar refractivity (Wildman–Crippen MR) is 123 cm³/mol. The molecule has 2 aromatic carbocycles. The molecular formula is C24H31N3O3S. The Kier molecular flexibility index (Phi) is 6.62. The van der Waals surface area contributed by atoms with Gasteiger partial charge in [-0.05, 0) is 56.4 Å². The van der Waals surface area contributed by atoms with Crippen molar-refractivity contribution in [1.82, 2.24) is 9.62 Å². The molecule has 1 saturated heterocycles. The van der Waals surface area contributed by atoms with Gasteiger partial charge in [-0.2, -0.15) is 4.31 Å². The molecule has 166 valence electrons. The summed E-state index contributed by atoms with van der Waals surface area (Å²) in [5.41, 5.74) is 2.71. The molecule has 0 aliphatic carbocycles. The monoisotopic (exact) mass is 441 g/mol. The summed E-state index contributed by atoms with van der Waals surface area (Å²) < 4.78 is 27.0. The van der Waals surface area contributed by atoms with E-state index in [1.54, 1.807) is 30.3 Å². The molecule has 7 heteroatoms. The molecule has 6 nitrogen and oxygen atoms in total. The number of para-hydroxylation sites is 1. The Hall–Kier alpha value is -2.38. The highest BCUT2D eigenvalue weighted by molar-refractivity contribution is 7.89. The van der Waals surface area contributed by atoms with E-state index < -0.39 is 10.0 Å². The molecule has 1 fully saturated rings. The quantitative estimate of drug-likeness (QED) is 0.671. The van der Waals surface area contributed by atoms with Crippen molar-refractivity contribution in [1.29, 1.82) is 0 Å². The number of piperidine rings is 1. The van der Waals surface area contributed by atoms with Crippen molar-refractivity contribution in [3.05, 3.63) is 60.2 Å². The molecule has 2 aliphatic heterocycles. The van der Waals surface area contributed by atoms with Gasteiger partial charge in [0.2, 0.25) is 15.9 Å². The number of amides is 1. The van der Waals surface area contributed by atoms with Crippen LogP contribution < -0.4 is 10.2 Å². The molecule has 2 aliphatic rings. The van der Waals surface area contributed by atoms with Crippen molar-refractivity contribution < 1.29 is 13.2 Å². The van der Waals surface area contributed by atoms with Crippen LogP contribution in [0, 0.1) is 5.92 Å². The van der Waals surface area contributed by atoms with E-state index in [1.165, 1.54) is 15.6 Å². The summed E-state index contributed by atoms with van der Waals surface area (Å²) in [4.78, 5) is 15.3. The maximum Gasteiger partial charge on any atom is 0.243 e. The second-order valence-corrected chi connectivity index (χ2v) is 10.4. The van der Waals surface area contributed by atoms with Crippen molar-refractivity contribution in [3.63, 3.8) is 0 Å². The van der Waals surface area contributed by atoms with Crippen molar-refractivity contribution in [2.45, 2.75) is 43.5 Å². The number of nitrogens with zero attached hydrogens (tertiary/aromatic N) is 2. The second-order valence-electron chi connectivity index (χ2n) is 8.51. The number of rotatable bonds is 7. The molecule has 1 amide bonds. The highest BCUT2D eigenvalue weighted by atomic mass is 32.2. The van der Waals surface area contributed by atoms with E-state index >= 15 is 0 Å². The van der Waals surface area contributed by atoms with Crippen molar-refractivity contribution in [2.75, 3.05) is 31.1 Å². The molecule has 0 spiro atoms. The SMILES string of the molecule is C[C@H]1Cc2ccccc2N1CCCNC(=O)C1CCN(S(=O)(=O)c2ccccc2)CC1. The van der Waals surface area contributed by atoms with Crippen molar-refractivity contribution in [3.8, 4) is 0 Å². The highest BCUT2D eigenvalue weighted by Crippen LogP contribution is 2.31. The maximum atomic E-state index is 12.7. The fourth-order valence-electron chi connectivity index (χ4n) is 4.68. The zero-order valence-electron chi connectivity index (χ0n) is 18.0. The van der Waals surface area contributed by atoms with Crippen LogP contribution in [0.3, 0.4) is 0 Å². The Morgan fingerprint density at radius 2 is 1.71 bits per heavy atom. The van der Waals surface area contributed by atoms with E-state index in [0.717, 1.165) is 19.4 Å². The van der Waals surface area contributed by atoms with Crippen molar-refractivity contribution >= 4 is 21.6 Å². The first-order chi connectivity index (χ1) is 15.0. The molecular weight excluding hydrogens is 410 g/mol. The number of nitrogens with one attached hydrogen (secondary N) is 1. The summed E-state index contributed by atoms with van der Waals surface area (Å²) in [6.45, 7) is 4.59. The third-order valence-corrected chi connectivity index (χ3v) is 8.34. The van der Waals surface area contributed by atoms with Gasteiger partial charge in [-0.25, -0.2) is 8.42 Å². The first-order valence-electron chi connectivity index (χ1n) is 11.1. The zero-order chi connectivity index (χ0) is 21.8. The van der Waals surface area contributed by atoms with E-state index in [1.807, 2.05) is 0 Å². The predicted octanol–water partition coefficient (Wildman–Crippen LogP) is 3.04. The smallest absolute Gasteiger partial charge is 0.243 e. The van der Waals surface area contributed by atoms with E-state index in [-0.39, 0.29) is 11.8 Å². The molecule has 1 atom stereocenters. The largest absolute Gasteiger partial charge is 0.368 e. The number of hydrogen-bond acceptors (Lipinski definition) is 4.